The van der Waals surface area contributed by atoms with Crippen molar-refractivity contribution in [2.24, 2.45) is 0 Å². The second-order valence-electron chi connectivity index (χ2n) is 7.75. The fourth-order valence-corrected chi connectivity index (χ4v) is 7.68. The highest BCUT2D eigenvalue weighted by molar-refractivity contribution is 7.07. The Morgan fingerprint density at radius 3 is 1.34 bits per heavy atom. The van der Waals surface area contributed by atoms with E-state index in [0.717, 1.165) is 15.6 Å². The van der Waals surface area contributed by atoms with Crippen molar-refractivity contribution >= 4 is 32.2 Å². The highest BCUT2D eigenvalue weighted by Crippen LogP contribution is 2.15. The van der Waals surface area contributed by atoms with Crippen LogP contribution in [0.3, 0.4) is 0 Å². The van der Waals surface area contributed by atoms with E-state index in [4.69, 9.17) is 13.6 Å². The van der Waals surface area contributed by atoms with Crippen LogP contribution < -0.4 is 15.6 Å². The van der Waals surface area contributed by atoms with E-state index < -0.39 is 16.6 Å². The van der Waals surface area contributed by atoms with Gasteiger partial charge in [0.2, 0.25) is 8.32 Å². The van der Waals surface area contributed by atoms with Gasteiger partial charge in [0.25, 0.3) is 5.95 Å². The Balaban J connectivity index is 2.20. The molecule has 0 unspecified atom stereocenters. The van der Waals surface area contributed by atoms with E-state index in [0.29, 0.717) is 5.95 Å². The van der Waals surface area contributed by atoms with Crippen LogP contribution in [0, 0.1) is 0 Å². The lowest BCUT2D eigenvalue weighted by atomic mass is 10.3. The van der Waals surface area contributed by atoms with E-state index in [9.17, 15) is 0 Å². The van der Waals surface area contributed by atoms with Crippen molar-refractivity contribution < 1.29 is 13.6 Å². The molecular weight excluding hydrogens is 392 g/mol. The molecule has 0 N–H and O–H groups in total. The van der Waals surface area contributed by atoms with Crippen molar-refractivity contribution in [2.75, 3.05) is 7.11 Å². The lowest BCUT2D eigenvalue weighted by Crippen LogP contribution is -2.68. The van der Waals surface area contributed by atoms with Crippen LogP contribution in [0.5, 0.6) is 0 Å². The van der Waals surface area contributed by atoms with Crippen molar-refractivity contribution in [1.82, 2.24) is 0 Å². The van der Waals surface area contributed by atoms with Crippen LogP contribution in [0.25, 0.3) is 0 Å². The number of benzene rings is 3. The molecule has 0 heterocycles. The predicted octanol–water partition coefficient (Wildman–Crippen LogP) is 3.97. The van der Waals surface area contributed by atoms with Crippen LogP contribution >= 0.6 is 0 Å². The molecule has 0 spiro atoms. The standard InChI is InChI=1S/C24H28O3Si2/c1-25-24(27-28(2,3)4)20-26-29(21-14-8-5-9-15-21,22-16-10-6-11-17-22)23-18-12-7-13-19-23/h5-20H,1-4H3/b24-20-. The molecule has 0 aliphatic rings. The van der Waals surface area contributed by atoms with Gasteiger partial charge in [0, 0.05) is 0 Å². The number of rotatable bonds is 8. The Morgan fingerprint density at radius 1 is 0.655 bits per heavy atom. The topological polar surface area (TPSA) is 27.7 Å². The Labute approximate surface area is 175 Å². The van der Waals surface area contributed by atoms with Gasteiger partial charge in [-0.25, -0.2) is 0 Å². The van der Waals surface area contributed by atoms with Gasteiger partial charge in [-0.15, -0.1) is 0 Å². The van der Waals surface area contributed by atoms with Gasteiger partial charge in [0.05, 0.1) is 7.11 Å². The SMILES string of the molecule is CO/C(=C/O[Si](c1ccccc1)(c1ccccc1)c1ccccc1)O[Si](C)(C)C. The summed E-state index contributed by atoms with van der Waals surface area (Å²) >= 11 is 0. The van der Waals surface area contributed by atoms with Gasteiger partial charge in [-0.1, -0.05) is 91.0 Å². The Bertz CT molecular complexity index is 824. The van der Waals surface area contributed by atoms with Gasteiger partial charge in [-0.2, -0.15) is 0 Å². The summed E-state index contributed by atoms with van der Waals surface area (Å²) in [5, 5.41) is 3.49. The minimum Gasteiger partial charge on any atom is -0.531 e. The monoisotopic (exact) mass is 420 g/mol. The molecule has 0 saturated heterocycles. The van der Waals surface area contributed by atoms with Crippen molar-refractivity contribution in [3.05, 3.63) is 103 Å². The molecule has 0 atom stereocenters. The van der Waals surface area contributed by atoms with Crippen LogP contribution in [-0.2, 0) is 13.6 Å². The third-order valence-corrected chi connectivity index (χ3v) is 9.20. The van der Waals surface area contributed by atoms with Gasteiger partial charge < -0.3 is 13.6 Å². The first kappa shape index (κ1) is 21.0. The molecule has 3 nitrogen and oxygen atoms in total. The summed E-state index contributed by atoms with van der Waals surface area (Å²) in [6, 6.07) is 31.3. The summed E-state index contributed by atoms with van der Waals surface area (Å²) < 4.78 is 18.3. The van der Waals surface area contributed by atoms with Crippen molar-refractivity contribution in [1.29, 1.82) is 0 Å². The fourth-order valence-electron chi connectivity index (χ4n) is 3.27. The average Bonchev–Trinajstić information content (AvgIpc) is 2.75. The first-order valence-electron chi connectivity index (χ1n) is 9.73. The largest absolute Gasteiger partial charge is 0.531 e. The summed E-state index contributed by atoms with van der Waals surface area (Å²) in [4.78, 5) is 0. The lowest BCUT2D eigenvalue weighted by molar-refractivity contribution is 0.135. The van der Waals surface area contributed by atoms with E-state index in [1.807, 2.05) is 18.2 Å². The molecule has 5 heteroatoms. The molecule has 0 aliphatic carbocycles. The summed E-state index contributed by atoms with van der Waals surface area (Å²) in [5.74, 6) is 0.420. The fraction of sp³-hybridized carbons (Fsp3) is 0.167. The van der Waals surface area contributed by atoms with E-state index in [1.165, 1.54) is 0 Å². The third-order valence-electron chi connectivity index (χ3n) is 4.48. The molecule has 0 aliphatic heterocycles. The molecule has 0 amide bonds. The highest BCUT2D eigenvalue weighted by Gasteiger charge is 2.43. The summed E-state index contributed by atoms with van der Waals surface area (Å²) in [7, 11) is -3.02. The molecular formula is C24H28O3Si2. The van der Waals surface area contributed by atoms with E-state index in [2.05, 4.69) is 92.4 Å². The third kappa shape index (κ3) is 4.99. The van der Waals surface area contributed by atoms with Gasteiger partial charge in [-0.05, 0) is 35.2 Å². The molecule has 29 heavy (non-hydrogen) atoms. The second kappa shape index (κ2) is 9.15. The summed E-state index contributed by atoms with van der Waals surface area (Å²) in [5.41, 5.74) is 0. The number of hydrogen-bond acceptors (Lipinski definition) is 3. The quantitative estimate of drug-likeness (QED) is 0.314. The maximum absolute atomic E-state index is 6.74. The van der Waals surface area contributed by atoms with Crippen molar-refractivity contribution in [2.45, 2.75) is 19.6 Å². The van der Waals surface area contributed by atoms with Gasteiger partial charge in [0.1, 0.15) is 6.26 Å². The number of ether oxygens (including phenoxy) is 1. The van der Waals surface area contributed by atoms with E-state index in [1.54, 1.807) is 13.4 Å². The molecule has 3 aromatic rings. The first-order valence-corrected chi connectivity index (χ1v) is 15.0. The van der Waals surface area contributed by atoms with Crippen LogP contribution in [0.2, 0.25) is 19.6 Å². The number of hydrogen-bond donors (Lipinski definition) is 0. The van der Waals surface area contributed by atoms with Crippen LogP contribution in [-0.4, -0.2) is 23.7 Å². The highest BCUT2D eigenvalue weighted by atomic mass is 28.4. The Morgan fingerprint density at radius 2 is 1.03 bits per heavy atom. The number of methoxy groups -OCH3 is 1. The minimum atomic E-state index is -2.80. The zero-order chi connectivity index (χ0) is 20.7. The minimum absolute atomic E-state index is 0.420. The van der Waals surface area contributed by atoms with Gasteiger partial charge in [-0.3, -0.25) is 0 Å². The molecule has 3 rings (SSSR count). The van der Waals surface area contributed by atoms with Crippen LogP contribution in [0.1, 0.15) is 0 Å². The molecule has 0 bridgehead atoms. The zero-order valence-corrected chi connectivity index (χ0v) is 19.5. The van der Waals surface area contributed by atoms with Crippen molar-refractivity contribution in [3.8, 4) is 0 Å². The molecule has 0 fully saturated rings. The lowest BCUT2D eigenvalue weighted by Gasteiger charge is -2.32. The van der Waals surface area contributed by atoms with E-state index >= 15 is 0 Å². The Kier molecular flexibility index (Phi) is 6.62. The normalized spacial score (nSPS) is 12.3. The average molecular weight is 421 g/mol. The van der Waals surface area contributed by atoms with Crippen LogP contribution in [0.15, 0.2) is 103 Å². The summed E-state index contributed by atoms with van der Waals surface area (Å²) in [6.07, 6.45) is 1.66. The Hall–Kier alpha value is -2.77. The first-order chi connectivity index (χ1) is 14.0. The van der Waals surface area contributed by atoms with Gasteiger partial charge in [0.15, 0.2) is 0 Å². The van der Waals surface area contributed by atoms with Crippen LogP contribution in [0.4, 0.5) is 0 Å². The maximum Gasteiger partial charge on any atom is 0.346 e. The second-order valence-corrected chi connectivity index (χ2v) is 15.5. The zero-order valence-electron chi connectivity index (χ0n) is 17.5. The molecule has 0 saturated carbocycles. The molecule has 0 radical (unpaired) electrons. The predicted molar refractivity (Wildman–Crippen MR) is 125 cm³/mol. The molecule has 3 aromatic carbocycles. The van der Waals surface area contributed by atoms with Gasteiger partial charge >= 0.3 is 8.32 Å². The smallest absolute Gasteiger partial charge is 0.346 e. The summed E-state index contributed by atoms with van der Waals surface area (Å²) in [6.45, 7) is 6.36. The molecule has 0 aromatic heterocycles. The maximum atomic E-state index is 6.74. The van der Waals surface area contributed by atoms with E-state index in [-0.39, 0.29) is 0 Å². The van der Waals surface area contributed by atoms with Crippen molar-refractivity contribution in [3.63, 3.8) is 0 Å². The molecule has 150 valence electrons.